The van der Waals surface area contributed by atoms with E-state index in [1.807, 2.05) is 29.6 Å². The molecule has 0 radical (unpaired) electrons. The van der Waals surface area contributed by atoms with Crippen molar-refractivity contribution in [3.63, 3.8) is 0 Å². The van der Waals surface area contributed by atoms with Gasteiger partial charge >= 0.3 is 0 Å². The molecule has 0 saturated carbocycles. The van der Waals surface area contributed by atoms with Gasteiger partial charge < -0.3 is 14.6 Å². The highest BCUT2D eigenvalue weighted by Crippen LogP contribution is 2.43. The molecule has 1 N–H and O–H groups in total. The zero-order valence-corrected chi connectivity index (χ0v) is 20.7. The Morgan fingerprint density at radius 1 is 1.18 bits per heavy atom. The maximum Gasteiger partial charge on any atom is 0.287 e. The Hall–Kier alpha value is -3.45. The van der Waals surface area contributed by atoms with Crippen LogP contribution in [0.2, 0.25) is 0 Å². The van der Waals surface area contributed by atoms with Gasteiger partial charge in [0.1, 0.15) is 11.4 Å². The lowest BCUT2D eigenvalue weighted by atomic mass is 9.93. The number of aromatic nitrogens is 3. The van der Waals surface area contributed by atoms with Gasteiger partial charge in [-0.05, 0) is 53.1 Å². The van der Waals surface area contributed by atoms with E-state index in [1.54, 1.807) is 24.6 Å². The Balaban J connectivity index is 1.69. The molecular weight excluding hydrogens is 444 g/mol. The number of pyridine rings is 1. The van der Waals surface area contributed by atoms with Crippen LogP contribution < -0.4 is 10.1 Å². The van der Waals surface area contributed by atoms with Gasteiger partial charge in [-0.25, -0.2) is 4.98 Å². The van der Waals surface area contributed by atoms with Crippen molar-refractivity contribution in [2.75, 3.05) is 13.7 Å². The van der Waals surface area contributed by atoms with E-state index in [1.165, 1.54) is 5.56 Å². The van der Waals surface area contributed by atoms with E-state index in [9.17, 15) is 4.79 Å². The topological polar surface area (TPSA) is 69.0 Å². The van der Waals surface area contributed by atoms with Gasteiger partial charge in [-0.2, -0.15) is 0 Å². The summed E-state index contributed by atoms with van der Waals surface area (Å²) in [6, 6.07) is 14.2. The van der Waals surface area contributed by atoms with Crippen molar-refractivity contribution in [2.45, 2.75) is 33.7 Å². The van der Waals surface area contributed by atoms with Gasteiger partial charge in [0.05, 0.1) is 23.4 Å². The van der Waals surface area contributed by atoms with E-state index in [2.05, 4.69) is 53.8 Å². The third-order valence-corrected chi connectivity index (χ3v) is 6.81. The number of ether oxygens (including phenoxy) is 1. The summed E-state index contributed by atoms with van der Waals surface area (Å²) in [6.07, 6.45) is 2.58. The van der Waals surface area contributed by atoms with Gasteiger partial charge in [0.15, 0.2) is 5.82 Å². The van der Waals surface area contributed by atoms with Crippen molar-refractivity contribution in [3.8, 4) is 38.8 Å². The van der Waals surface area contributed by atoms with E-state index >= 15 is 0 Å². The quantitative estimate of drug-likeness (QED) is 0.406. The highest BCUT2D eigenvalue weighted by Gasteiger charge is 2.30. The van der Waals surface area contributed by atoms with Crippen LogP contribution in [0.3, 0.4) is 0 Å². The summed E-state index contributed by atoms with van der Waals surface area (Å²) < 4.78 is 7.81. The second kappa shape index (κ2) is 8.72. The second-order valence-corrected chi connectivity index (χ2v) is 10.6. The van der Waals surface area contributed by atoms with Crippen LogP contribution in [0.4, 0.5) is 0 Å². The van der Waals surface area contributed by atoms with Gasteiger partial charge in [-0.15, -0.1) is 11.3 Å². The van der Waals surface area contributed by atoms with Crippen molar-refractivity contribution in [1.29, 1.82) is 0 Å². The molecule has 1 aliphatic rings. The molecule has 1 aromatic carbocycles. The summed E-state index contributed by atoms with van der Waals surface area (Å²) in [5.74, 6) is 1.12. The molecule has 0 atom stereocenters. The van der Waals surface area contributed by atoms with Gasteiger partial charge in [0.2, 0.25) is 0 Å². The molecule has 0 spiro atoms. The summed E-state index contributed by atoms with van der Waals surface area (Å²) in [5, 5.41) is 5.12. The lowest BCUT2D eigenvalue weighted by Crippen LogP contribution is -2.34. The van der Waals surface area contributed by atoms with E-state index in [-0.39, 0.29) is 11.3 Å². The molecule has 7 heteroatoms. The Bertz CT molecular complexity index is 1340. The maximum atomic E-state index is 13.2. The first-order chi connectivity index (χ1) is 16.4. The number of hydrogen-bond acceptors (Lipinski definition) is 5. The molecule has 0 fully saturated rings. The number of rotatable bonds is 5. The van der Waals surface area contributed by atoms with Gasteiger partial charge in [-0.1, -0.05) is 32.9 Å². The van der Waals surface area contributed by atoms with Crippen LogP contribution in [0.25, 0.3) is 33.1 Å². The minimum Gasteiger partial charge on any atom is -0.496 e. The van der Waals surface area contributed by atoms with Crippen LogP contribution in [0.5, 0.6) is 5.75 Å². The monoisotopic (exact) mass is 472 g/mol. The fourth-order valence-electron chi connectivity index (χ4n) is 4.30. The van der Waals surface area contributed by atoms with Crippen molar-refractivity contribution < 1.29 is 9.53 Å². The van der Waals surface area contributed by atoms with E-state index in [4.69, 9.17) is 9.72 Å². The second-order valence-electron chi connectivity index (χ2n) is 9.68. The molecule has 4 heterocycles. The van der Waals surface area contributed by atoms with Gasteiger partial charge in [-0.3, -0.25) is 9.78 Å². The van der Waals surface area contributed by atoms with Crippen molar-refractivity contribution in [2.24, 2.45) is 5.41 Å². The number of amides is 1. The van der Waals surface area contributed by atoms with Gasteiger partial charge in [0, 0.05) is 30.4 Å². The Labute approximate surface area is 203 Å². The number of methoxy groups -OCH3 is 1. The number of benzene rings is 1. The zero-order chi connectivity index (χ0) is 23.9. The predicted molar refractivity (Wildman–Crippen MR) is 136 cm³/mol. The van der Waals surface area contributed by atoms with Crippen LogP contribution in [-0.4, -0.2) is 34.1 Å². The molecule has 4 aromatic rings. The molecule has 3 aromatic heterocycles. The Morgan fingerprint density at radius 2 is 2.03 bits per heavy atom. The molecule has 1 amide bonds. The first-order valence-corrected chi connectivity index (χ1v) is 12.3. The first kappa shape index (κ1) is 22.3. The summed E-state index contributed by atoms with van der Waals surface area (Å²) in [4.78, 5) is 23.7. The standard InChI is InChI=1S/C27H28N4O2S/c1-27(2,3)16-29-26(32)25-30-23(22-9-7-13-34-22)24-18-15-19(20-8-5-6-11-28-20)21(33-4)14-17(18)10-12-31(24)25/h5-9,11,13-15H,10,12,16H2,1-4H3,(H,29,32). The van der Waals surface area contributed by atoms with Crippen LogP contribution >= 0.6 is 11.3 Å². The highest BCUT2D eigenvalue weighted by molar-refractivity contribution is 7.13. The number of nitrogens with one attached hydrogen (secondary N) is 1. The minimum absolute atomic E-state index is 0.00962. The van der Waals surface area contributed by atoms with E-state index in [0.29, 0.717) is 18.9 Å². The summed E-state index contributed by atoms with van der Waals surface area (Å²) >= 11 is 1.63. The molecule has 0 saturated heterocycles. The van der Waals surface area contributed by atoms with Crippen molar-refractivity contribution in [1.82, 2.24) is 19.9 Å². The van der Waals surface area contributed by atoms with Crippen LogP contribution in [0, 0.1) is 5.41 Å². The number of carbonyl (C=O) groups excluding carboxylic acids is 1. The predicted octanol–water partition coefficient (Wildman–Crippen LogP) is 5.68. The number of nitrogens with zero attached hydrogens (tertiary/aromatic N) is 3. The molecule has 1 aliphatic heterocycles. The number of thiophene rings is 1. The number of aryl methyl sites for hydroxylation is 1. The largest absolute Gasteiger partial charge is 0.496 e. The third-order valence-electron chi connectivity index (χ3n) is 5.93. The molecule has 0 bridgehead atoms. The van der Waals surface area contributed by atoms with E-state index < -0.39 is 0 Å². The SMILES string of the molecule is COc1cc2c(cc1-c1ccccn1)-c1c(-c3cccs3)nc(C(=O)NCC(C)(C)C)n1CC2. The number of fused-ring (bicyclic) bond motifs is 3. The van der Waals surface area contributed by atoms with Crippen LogP contribution in [0.1, 0.15) is 37.0 Å². The zero-order valence-electron chi connectivity index (χ0n) is 19.9. The normalized spacial score (nSPS) is 12.7. The first-order valence-electron chi connectivity index (χ1n) is 11.4. The Morgan fingerprint density at radius 3 is 2.71 bits per heavy atom. The van der Waals surface area contributed by atoms with E-state index in [0.717, 1.165) is 45.3 Å². The van der Waals surface area contributed by atoms with Crippen LogP contribution in [0.15, 0.2) is 54.0 Å². The highest BCUT2D eigenvalue weighted by atomic mass is 32.1. The molecule has 0 unspecified atom stereocenters. The summed E-state index contributed by atoms with van der Waals surface area (Å²) in [5.41, 5.74) is 5.83. The summed E-state index contributed by atoms with van der Waals surface area (Å²) in [7, 11) is 1.69. The number of imidazole rings is 1. The average molecular weight is 473 g/mol. The van der Waals surface area contributed by atoms with Crippen molar-refractivity contribution in [3.05, 3.63) is 65.4 Å². The maximum absolute atomic E-state index is 13.2. The average Bonchev–Trinajstić information content (AvgIpc) is 3.50. The third kappa shape index (κ3) is 4.12. The number of hydrogen-bond donors (Lipinski definition) is 1. The number of carbonyl (C=O) groups is 1. The fraction of sp³-hybridized carbons (Fsp3) is 0.296. The molecule has 0 aliphatic carbocycles. The van der Waals surface area contributed by atoms with Crippen LogP contribution in [-0.2, 0) is 13.0 Å². The lowest BCUT2D eigenvalue weighted by molar-refractivity contribution is 0.0924. The van der Waals surface area contributed by atoms with Gasteiger partial charge in [0.25, 0.3) is 5.91 Å². The summed E-state index contributed by atoms with van der Waals surface area (Å²) in [6.45, 7) is 7.58. The Kier molecular flexibility index (Phi) is 5.73. The molecule has 6 nitrogen and oxygen atoms in total. The fourth-order valence-corrected chi connectivity index (χ4v) is 5.01. The molecular formula is C27H28N4O2S. The lowest BCUT2D eigenvalue weighted by Gasteiger charge is -2.23. The van der Waals surface area contributed by atoms with Crippen molar-refractivity contribution >= 4 is 17.2 Å². The molecule has 5 rings (SSSR count). The molecule has 174 valence electrons. The minimum atomic E-state index is -0.138. The smallest absolute Gasteiger partial charge is 0.287 e. The molecule has 34 heavy (non-hydrogen) atoms.